The Bertz CT molecular complexity index is 728. The summed E-state index contributed by atoms with van der Waals surface area (Å²) in [6, 6.07) is 6.52. The molecule has 0 aliphatic carbocycles. The maximum atomic E-state index is 12.3. The molecule has 7 nitrogen and oxygen atoms in total. The quantitative estimate of drug-likeness (QED) is 0.806. The monoisotopic (exact) mass is 369 g/mol. The fourth-order valence-corrected chi connectivity index (χ4v) is 3.62. The Balaban J connectivity index is 1.94. The molecular formula is C17H23NO6S. The first-order valence-corrected chi connectivity index (χ1v) is 9.86. The number of morpholine rings is 1. The Labute approximate surface area is 147 Å². The molecule has 0 radical (unpaired) electrons. The summed E-state index contributed by atoms with van der Waals surface area (Å²) in [5.41, 5.74) is 0.861. The molecule has 25 heavy (non-hydrogen) atoms. The summed E-state index contributed by atoms with van der Waals surface area (Å²) >= 11 is 0. The van der Waals surface area contributed by atoms with Crippen LogP contribution in [0.3, 0.4) is 0 Å². The molecule has 0 saturated carbocycles. The van der Waals surface area contributed by atoms with Crippen molar-refractivity contribution in [2.45, 2.75) is 43.8 Å². The van der Waals surface area contributed by atoms with Crippen molar-refractivity contribution in [2.24, 2.45) is 0 Å². The number of carbonyl (C=O) groups excluding carboxylic acids is 1. The molecule has 1 unspecified atom stereocenters. The van der Waals surface area contributed by atoms with Crippen molar-refractivity contribution in [3.05, 3.63) is 29.8 Å². The third-order valence-electron chi connectivity index (χ3n) is 4.18. The molecule has 1 aliphatic heterocycles. The second kappa shape index (κ2) is 7.97. The zero-order chi connectivity index (χ0) is 18.6. The predicted octanol–water partition coefficient (Wildman–Crippen LogP) is 1.11. The van der Waals surface area contributed by atoms with Gasteiger partial charge in [0.15, 0.2) is 15.9 Å². The summed E-state index contributed by atoms with van der Waals surface area (Å²) in [5, 5.41) is 9.06. The van der Waals surface area contributed by atoms with E-state index in [4.69, 9.17) is 9.84 Å². The Hall–Kier alpha value is -1.93. The minimum absolute atomic E-state index is 0.0464. The number of carboxylic acids is 1. The van der Waals surface area contributed by atoms with Crippen LogP contribution in [0, 0.1) is 0 Å². The summed E-state index contributed by atoms with van der Waals surface area (Å²) in [4.78, 5) is 25.2. The number of benzene rings is 1. The van der Waals surface area contributed by atoms with E-state index in [1.807, 2.05) is 0 Å². The average molecular weight is 369 g/mol. The molecule has 1 aromatic carbocycles. The smallest absolute Gasteiger partial charge is 0.334 e. The van der Waals surface area contributed by atoms with Gasteiger partial charge in [-0.25, -0.2) is 13.2 Å². The highest BCUT2D eigenvalue weighted by Gasteiger charge is 2.32. The van der Waals surface area contributed by atoms with Crippen molar-refractivity contribution in [3.8, 4) is 0 Å². The number of sulfone groups is 1. The molecule has 138 valence electrons. The Morgan fingerprint density at radius 1 is 1.24 bits per heavy atom. The molecule has 8 heteroatoms. The van der Waals surface area contributed by atoms with E-state index in [0.29, 0.717) is 13.0 Å². The highest BCUT2D eigenvalue weighted by Crippen LogP contribution is 2.16. The van der Waals surface area contributed by atoms with Crippen molar-refractivity contribution in [2.75, 3.05) is 18.8 Å². The minimum atomic E-state index is -3.23. The van der Waals surface area contributed by atoms with Crippen LogP contribution in [0.25, 0.3) is 0 Å². The average Bonchev–Trinajstić information content (AvgIpc) is 2.59. The van der Waals surface area contributed by atoms with Crippen molar-refractivity contribution < 1.29 is 27.9 Å². The van der Waals surface area contributed by atoms with Crippen LogP contribution < -0.4 is 0 Å². The summed E-state index contributed by atoms with van der Waals surface area (Å²) < 4.78 is 28.9. The number of carboxylic acid groups (broad SMARTS) is 1. The van der Waals surface area contributed by atoms with E-state index in [0.717, 1.165) is 5.56 Å². The Morgan fingerprint density at radius 3 is 2.44 bits per heavy atom. The highest BCUT2D eigenvalue weighted by atomic mass is 32.2. The van der Waals surface area contributed by atoms with Crippen molar-refractivity contribution in [3.63, 3.8) is 0 Å². The van der Waals surface area contributed by atoms with E-state index in [1.54, 1.807) is 38.1 Å². The third-order valence-corrected chi connectivity index (χ3v) is 5.93. The Kier molecular flexibility index (Phi) is 6.18. The van der Waals surface area contributed by atoms with Crippen LogP contribution in [-0.4, -0.2) is 61.4 Å². The minimum Gasteiger partial charge on any atom is -0.479 e. The van der Waals surface area contributed by atoms with Gasteiger partial charge in [-0.15, -0.1) is 0 Å². The zero-order valence-corrected chi connectivity index (χ0v) is 15.2. The third kappa shape index (κ3) is 5.02. The molecule has 0 spiro atoms. The van der Waals surface area contributed by atoms with E-state index >= 15 is 0 Å². The standard InChI is InChI=1S/C17H23NO6S/c1-3-25(22,23)14-7-4-13(5-8-14)6-9-16(19)18-10-12(2)24-15(11-18)17(20)21/h4-5,7-8,12,15H,3,6,9-11H2,1-2H3,(H,20,21)/t12-,15?/m1/s1. The lowest BCUT2D eigenvalue weighted by atomic mass is 10.1. The second-order valence-electron chi connectivity index (χ2n) is 6.12. The van der Waals surface area contributed by atoms with Crippen LogP contribution in [0.4, 0.5) is 0 Å². The van der Waals surface area contributed by atoms with Crippen molar-refractivity contribution in [1.29, 1.82) is 0 Å². The molecule has 1 saturated heterocycles. The number of aliphatic carboxylic acids is 1. The number of nitrogens with zero attached hydrogens (tertiary/aromatic N) is 1. The number of carbonyl (C=O) groups is 2. The van der Waals surface area contributed by atoms with Crippen LogP contribution in [-0.2, 0) is 30.6 Å². The van der Waals surface area contributed by atoms with Gasteiger partial charge in [0.25, 0.3) is 0 Å². The number of amides is 1. The normalized spacial score (nSPS) is 21.1. The summed E-state index contributed by atoms with van der Waals surface area (Å²) in [5.74, 6) is -1.16. The van der Waals surface area contributed by atoms with Crippen LogP contribution in [0.15, 0.2) is 29.2 Å². The van der Waals surface area contributed by atoms with E-state index in [9.17, 15) is 18.0 Å². The van der Waals surface area contributed by atoms with Gasteiger partial charge < -0.3 is 14.7 Å². The molecular weight excluding hydrogens is 346 g/mol. The molecule has 1 aliphatic rings. The molecule has 1 heterocycles. The van der Waals surface area contributed by atoms with E-state index in [2.05, 4.69) is 0 Å². The van der Waals surface area contributed by atoms with Crippen LogP contribution in [0.2, 0.25) is 0 Å². The van der Waals surface area contributed by atoms with Crippen molar-refractivity contribution >= 4 is 21.7 Å². The predicted molar refractivity (Wildman–Crippen MR) is 91.0 cm³/mol. The largest absolute Gasteiger partial charge is 0.479 e. The lowest BCUT2D eigenvalue weighted by Gasteiger charge is -2.35. The zero-order valence-electron chi connectivity index (χ0n) is 14.3. The van der Waals surface area contributed by atoms with Gasteiger partial charge in [0.05, 0.1) is 23.3 Å². The summed E-state index contributed by atoms with van der Waals surface area (Å²) in [6.45, 7) is 3.75. The molecule has 2 rings (SSSR count). The molecule has 1 amide bonds. The molecule has 1 fully saturated rings. The van der Waals surface area contributed by atoms with E-state index in [1.165, 1.54) is 4.90 Å². The SMILES string of the molecule is CCS(=O)(=O)c1ccc(CCC(=O)N2CC(C(=O)O)O[C@H](C)C2)cc1. The fourth-order valence-electron chi connectivity index (χ4n) is 2.73. The van der Waals surface area contributed by atoms with E-state index < -0.39 is 21.9 Å². The number of hydrogen-bond donors (Lipinski definition) is 1. The van der Waals surface area contributed by atoms with Gasteiger partial charge in [0, 0.05) is 13.0 Å². The molecule has 1 N–H and O–H groups in total. The first-order valence-electron chi connectivity index (χ1n) is 8.20. The summed E-state index contributed by atoms with van der Waals surface area (Å²) in [6.07, 6.45) is -0.614. The molecule has 0 bridgehead atoms. The van der Waals surface area contributed by atoms with Crippen LogP contribution in [0.5, 0.6) is 0 Å². The van der Waals surface area contributed by atoms with Gasteiger partial charge in [-0.1, -0.05) is 19.1 Å². The number of ether oxygens (including phenoxy) is 1. The van der Waals surface area contributed by atoms with Gasteiger partial charge >= 0.3 is 5.97 Å². The lowest BCUT2D eigenvalue weighted by molar-refractivity contribution is -0.166. The number of hydrogen-bond acceptors (Lipinski definition) is 5. The maximum Gasteiger partial charge on any atom is 0.334 e. The topological polar surface area (TPSA) is 101 Å². The summed E-state index contributed by atoms with van der Waals surface area (Å²) in [7, 11) is -3.23. The fraction of sp³-hybridized carbons (Fsp3) is 0.529. The van der Waals surface area contributed by atoms with E-state index in [-0.39, 0.29) is 35.6 Å². The van der Waals surface area contributed by atoms with Gasteiger partial charge in [-0.3, -0.25) is 4.79 Å². The molecule has 0 aromatic heterocycles. The van der Waals surface area contributed by atoms with Gasteiger partial charge in [-0.2, -0.15) is 0 Å². The first-order chi connectivity index (χ1) is 11.7. The van der Waals surface area contributed by atoms with Crippen molar-refractivity contribution in [1.82, 2.24) is 4.90 Å². The number of rotatable bonds is 6. The Morgan fingerprint density at radius 2 is 1.88 bits per heavy atom. The second-order valence-corrected chi connectivity index (χ2v) is 8.40. The number of aryl methyl sites for hydroxylation is 1. The van der Waals surface area contributed by atoms with Gasteiger partial charge in [-0.05, 0) is 31.0 Å². The van der Waals surface area contributed by atoms with Crippen LogP contribution in [0.1, 0.15) is 25.8 Å². The highest BCUT2D eigenvalue weighted by molar-refractivity contribution is 7.91. The van der Waals surface area contributed by atoms with Gasteiger partial charge in [0.1, 0.15) is 0 Å². The van der Waals surface area contributed by atoms with Gasteiger partial charge in [0.2, 0.25) is 5.91 Å². The van der Waals surface area contributed by atoms with Crippen LogP contribution >= 0.6 is 0 Å². The molecule has 1 aromatic rings. The first kappa shape index (κ1) is 19.4. The molecule has 2 atom stereocenters. The maximum absolute atomic E-state index is 12.3. The lowest BCUT2D eigenvalue weighted by Crippen LogP contribution is -2.51.